The normalized spacial score (nSPS) is 10.4. The van der Waals surface area contributed by atoms with E-state index >= 15 is 0 Å². The number of halogens is 1. The number of aryl methyl sites for hydroxylation is 2. The number of amides is 1. The van der Waals surface area contributed by atoms with Crippen LogP contribution in [0.3, 0.4) is 0 Å². The van der Waals surface area contributed by atoms with E-state index in [1.165, 1.54) is 23.8 Å². The molecule has 0 aromatic heterocycles. The van der Waals surface area contributed by atoms with Crippen LogP contribution in [0.4, 0.5) is 5.69 Å². The van der Waals surface area contributed by atoms with Crippen molar-refractivity contribution in [2.75, 3.05) is 5.32 Å². The standard InChI is InChI=1S/C16H16ClNO2/c1-9-6-13(7-10(2)11(9)3)18-16(20)14-8-12(17)4-5-15(14)19/h4-8,19H,1-3H3,(H,18,20). The summed E-state index contributed by atoms with van der Waals surface area (Å²) in [6.07, 6.45) is 0. The molecule has 0 fully saturated rings. The summed E-state index contributed by atoms with van der Waals surface area (Å²) >= 11 is 5.84. The maximum Gasteiger partial charge on any atom is 0.259 e. The lowest BCUT2D eigenvalue weighted by Gasteiger charge is -2.11. The minimum Gasteiger partial charge on any atom is -0.507 e. The van der Waals surface area contributed by atoms with E-state index in [4.69, 9.17) is 11.6 Å². The Hall–Kier alpha value is -2.00. The van der Waals surface area contributed by atoms with Gasteiger partial charge >= 0.3 is 0 Å². The Morgan fingerprint density at radius 1 is 1.10 bits per heavy atom. The van der Waals surface area contributed by atoms with E-state index < -0.39 is 0 Å². The second-order valence-electron chi connectivity index (χ2n) is 4.85. The van der Waals surface area contributed by atoms with Gasteiger partial charge in [-0.1, -0.05) is 11.6 Å². The van der Waals surface area contributed by atoms with Crippen molar-refractivity contribution in [1.82, 2.24) is 0 Å². The molecule has 0 spiro atoms. The van der Waals surface area contributed by atoms with Gasteiger partial charge < -0.3 is 10.4 Å². The monoisotopic (exact) mass is 289 g/mol. The maximum absolute atomic E-state index is 12.2. The van der Waals surface area contributed by atoms with Crippen molar-refractivity contribution in [3.05, 3.63) is 57.6 Å². The molecule has 2 N–H and O–H groups in total. The van der Waals surface area contributed by atoms with Crippen LogP contribution in [0.5, 0.6) is 5.75 Å². The first-order valence-corrected chi connectivity index (χ1v) is 6.64. The largest absolute Gasteiger partial charge is 0.507 e. The fourth-order valence-electron chi connectivity index (χ4n) is 2.00. The highest BCUT2D eigenvalue weighted by molar-refractivity contribution is 6.31. The molecule has 0 aliphatic heterocycles. The number of aromatic hydroxyl groups is 1. The molecule has 0 saturated carbocycles. The molecule has 0 bridgehead atoms. The van der Waals surface area contributed by atoms with Gasteiger partial charge in [0.1, 0.15) is 5.75 Å². The van der Waals surface area contributed by atoms with Crippen molar-refractivity contribution in [3.8, 4) is 5.75 Å². The van der Waals surface area contributed by atoms with Gasteiger partial charge in [0.05, 0.1) is 5.56 Å². The van der Waals surface area contributed by atoms with Gasteiger partial charge in [0.25, 0.3) is 5.91 Å². The molecule has 0 aliphatic rings. The van der Waals surface area contributed by atoms with E-state index in [2.05, 4.69) is 5.32 Å². The van der Waals surface area contributed by atoms with E-state index in [1.807, 2.05) is 32.9 Å². The highest BCUT2D eigenvalue weighted by Gasteiger charge is 2.12. The third-order valence-electron chi connectivity index (χ3n) is 3.39. The Morgan fingerprint density at radius 3 is 2.30 bits per heavy atom. The van der Waals surface area contributed by atoms with Crippen LogP contribution in [0.1, 0.15) is 27.0 Å². The minimum absolute atomic E-state index is 0.0903. The summed E-state index contributed by atoms with van der Waals surface area (Å²) in [5.74, 6) is -0.472. The molecule has 20 heavy (non-hydrogen) atoms. The van der Waals surface area contributed by atoms with Gasteiger partial charge in [-0.2, -0.15) is 0 Å². The van der Waals surface area contributed by atoms with Crippen molar-refractivity contribution in [1.29, 1.82) is 0 Å². The lowest BCUT2D eigenvalue weighted by molar-refractivity contribution is 0.102. The number of benzene rings is 2. The first-order chi connectivity index (χ1) is 9.38. The molecule has 4 heteroatoms. The van der Waals surface area contributed by atoms with Crippen LogP contribution < -0.4 is 5.32 Å². The Labute approximate surface area is 123 Å². The quantitative estimate of drug-likeness (QED) is 0.869. The second kappa shape index (κ2) is 5.55. The third kappa shape index (κ3) is 2.94. The molecule has 104 valence electrons. The molecule has 0 aliphatic carbocycles. The molecule has 2 rings (SSSR count). The van der Waals surface area contributed by atoms with Crippen LogP contribution in [0.2, 0.25) is 5.02 Å². The van der Waals surface area contributed by atoms with Gasteiger partial charge in [-0.3, -0.25) is 4.79 Å². The molecule has 1 amide bonds. The first-order valence-electron chi connectivity index (χ1n) is 6.26. The zero-order valence-electron chi connectivity index (χ0n) is 11.6. The highest BCUT2D eigenvalue weighted by atomic mass is 35.5. The van der Waals surface area contributed by atoms with E-state index in [0.29, 0.717) is 10.7 Å². The molecule has 3 nitrogen and oxygen atoms in total. The zero-order valence-corrected chi connectivity index (χ0v) is 12.4. The molecule has 0 saturated heterocycles. The van der Waals surface area contributed by atoms with Gasteiger partial charge in [0.15, 0.2) is 0 Å². The van der Waals surface area contributed by atoms with Crippen molar-refractivity contribution in [3.63, 3.8) is 0 Å². The molecular weight excluding hydrogens is 274 g/mol. The molecule has 0 radical (unpaired) electrons. The Bertz CT molecular complexity index is 657. The smallest absolute Gasteiger partial charge is 0.259 e. The molecular formula is C16H16ClNO2. The number of rotatable bonds is 2. The number of anilines is 1. The van der Waals surface area contributed by atoms with Gasteiger partial charge in [-0.15, -0.1) is 0 Å². The van der Waals surface area contributed by atoms with E-state index in [1.54, 1.807) is 0 Å². The summed E-state index contributed by atoms with van der Waals surface area (Å²) in [5.41, 5.74) is 4.28. The van der Waals surface area contributed by atoms with Gasteiger partial charge in [-0.25, -0.2) is 0 Å². The summed E-state index contributed by atoms with van der Waals surface area (Å²) < 4.78 is 0. The third-order valence-corrected chi connectivity index (χ3v) is 3.62. The average molecular weight is 290 g/mol. The van der Waals surface area contributed by atoms with Crippen molar-refractivity contribution >= 4 is 23.2 Å². The Balaban J connectivity index is 2.30. The van der Waals surface area contributed by atoms with Crippen LogP contribution >= 0.6 is 11.6 Å². The first kappa shape index (κ1) is 14.4. The van der Waals surface area contributed by atoms with Crippen LogP contribution in [-0.2, 0) is 0 Å². The van der Waals surface area contributed by atoms with Crippen molar-refractivity contribution in [2.45, 2.75) is 20.8 Å². The molecule has 0 atom stereocenters. The number of phenols is 1. The Morgan fingerprint density at radius 2 is 1.70 bits per heavy atom. The maximum atomic E-state index is 12.2. The summed E-state index contributed by atoms with van der Waals surface area (Å²) in [7, 11) is 0. The highest BCUT2D eigenvalue weighted by Crippen LogP contribution is 2.24. The van der Waals surface area contributed by atoms with Gasteiger partial charge in [0.2, 0.25) is 0 Å². The molecule has 0 unspecified atom stereocenters. The second-order valence-corrected chi connectivity index (χ2v) is 5.29. The Kier molecular flexibility index (Phi) is 4.00. The molecule has 2 aromatic rings. The van der Waals surface area contributed by atoms with Crippen LogP contribution in [0, 0.1) is 20.8 Å². The fourth-order valence-corrected chi connectivity index (χ4v) is 2.17. The minimum atomic E-state index is -0.382. The number of carbonyl (C=O) groups excluding carboxylic acids is 1. The van der Waals surface area contributed by atoms with Gasteiger partial charge in [0, 0.05) is 10.7 Å². The summed E-state index contributed by atoms with van der Waals surface area (Å²) in [4.78, 5) is 12.2. The average Bonchev–Trinajstić information content (AvgIpc) is 2.38. The lowest BCUT2D eigenvalue weighted by atomic mass is 10.0. The van der Waals surface area contributed by atoms with E-state index in [0.717, 1.165) is 11.1 Å². The van der Waals surface area contributed by atoms with Gasteiger partial charge in [-0.05, 0) is 67.8 Å². The van der Waals surface area contributed by atoms with Crippen molar-refractivity contribution < 1.29 is 9.90 Å². The SMILES string of the molecule is Cc1cc(NC(=O)c2cc(Cl)ccc2O)cc(C)c1C. The fraction of sp³-hybridized carbons (Fsp3) is 0.188. The zero-order chi connectivity index (χ0) is 14.9. The molecule has 0 heterocycles. The summed E-state index contributed by atoms with van der Waals surface area (Å²) in [6.45, 7) is 6.03. The summed E-state index contributed by atoms with van der Waals surface area (Å²) in [6, 6.07) is 8.19. The predicted octanol–water partition coefficient (Wildman–Crippen LogP) is 4.22. The molecule has 2 aromatic carbocycles. The number of hydrogen-bond donors (Lipinski definition) is 2. The number of hydrogen-bond acceptors (Lipinski definition) is 2. The van der Waals surface area contributed by atoms with Crippen LogP contribution in [0.15, 0.2) is 30.3 Å². The van der Waals surface area contributed by atoms with E-state index in [9.17, 15) is 9.90 Å². The lowest BCUT2D eigenvalue weighted by Crippen LogP contribution is -2.12. The van der Waals surface area contributed by atoms with Crippen LogP contribution in [0.25, 0.3) is 0 Å². The topological polar surface area (TPSA) is 49.3 Å². The van der Waals surface area contributed by atoms with E-state index in [-0.39, 0.29) is 17.2 Å². The number of phenolic OH excluding ortho intramolecular Hbond substituents is 1. The summed E-state index contributed by atoms with van der Waals surface area (Å²) in [5, 5.41) is 12.9. The predicted molar refractivity (Wildman–Crippen MR) is 81.7 cm³/mol. The van der Waals surface area contributed by atoms with Crippen molar-refractivity contribution in [2.24, 2.45) is 0 Å². The number of nitrogens with one attached hydrogen (secondary N) is 1. The number of carbonyl (C=O) groups is 1. The van der Waals surface area contributed by atoms with Crippen LogP contribution in [-0.4, -0.2) is 11.0 Å².